The molecule has 2 aromatic rings. The van der Waals surface area contributed by atoms with Gasteiger partial charge in [0.05, 0.1) is 4.91 Å². The Morgan fingerprint density at radius 3 is 2.50 bits per heavy atom. The Morgan fingerprint density at radius 1 is 1.09 bits per heavy atom. The highest BCUT2D eigenvalue weighted by Crippen LogP contribution is 2.32. The second-order valence-electron chi connectivity index (χ2n) is 4.73. The largest absolute Gasteiger partial charge is 0.457 e. The van der Waals surface area contributed by atoms with Crippen LogP contribution in [0.5, 0.6) is 11.5 Å². The highest BCUT2D eigenvalue weighted by Gasteiger charge is 2.28. The Balaban J connectivity index is 1.83. The molecule has 0 atom stereocenters. The number of rotatable bonds is 3. The van der Waals surface area contributed by atoms with Gasteiger partial charge in [-0.3, -0.25) is 9.69 Å². The van der Waals surface area contributed by atoms with Crippen molar-refractivity contribution in [3.63, 3.8) is 0 Å². The molecular formula is C17H13NO2S2. The Hall–Kier alpha value is -2.11. The van der Waals surface area contributed by atoms with E-state index in [0.29, 0.717) is 9.23 Å². The SMILES string of the molecule is CN1C(=O)/C(=C/c2cccc(Oc3ccccc3)c2)SC1=S. The average molecular weight is 327 g/mol. The van der Waals surface area contributed by atoms with E-state index < -0.39 is 0 Å². The molecule has 0 bridgehead atoms. The number of hydrogen-bond donors (Lipinski definition) is 0. The van der Waals surface area contributed by atoms with Crippen LogP contribution in [-0.2, 0) is 4.79 Å². The van der Waals surface area contributed by atoms with Gasteiger partial charge in [0.2, 0.25) is 0 Å². The van der Waals surface area contributed by atoms with Crippen molar-refractivity contribution in [2.75, 3.05) is 7.05 Å². The van der Waals surface area contributed by atoms with E-state index >= 15 is 0 Å². The molecule has 1 saturated heterocycles. The van der Waals surface area contributed by atoms with Gasteiger partial charge in [0.1, 0.15) is 15.8 Å². The molecule has 1 heterocycles. The van der Waals surface area contributed by atoms with Crippen LogP contribution in [0.2, 0.25) is 0 Å². The molecule has 0 radical (unpaired) electrons. The summed E-state index contributed by atoms with van der Waals surface area (Å²) >= 11 is 6.44. The summed E-state index contributed by atoms with van der Waals surface area (Å²) in [5.41, 5.74) is 0.905. The number of likely N-dealkylation sites (N-methyl/N-ethyl adjacent to an activating group) is 1. The van der Waals surface area contributed by atoms with E-state index in [1.54, 1.807) is 7.05 Å². The van der Waals surface area contributed by atoms with Crippen molar-refractivity contribution >= 4 is 40.3 Å². The van der Waals surface area contributed by atoms with Gasteiger partial charge in [-0.25, -0.2) is 0 Å². The van der Waals surface area contributed by atoms with E-state index in [-0.39, 0.29) is 5.91 Å². The number of para-hydroxylation sites is 1. The first-order valence-corrected chi connectivity index (χ1v) is 7.90. The number of thiocarbonyl (C=S) groups is 1. The number of carbonyl (C=O) groups is 1. The van der Waals surface area contributed by atoms with Gasteiger partial charge in [-0.1, -0.05) is 54.3 Å². The van der Waals surface area contributed by atoms with Crippen molar-refractivity contribution in [2.24, 2.45) is 0 Å². The van der Waals surface area contributed by atoms with Crippen LogP contribution in [0.15, 0.2) is 59.5 Å². The minimum Gasteiger partial charge on any atom is -0.457 e. The topological polar surface area (TPSA) is 29.5 Å². The zero-order chi connectivity index (χ0) is 15.5. The summed E-state index contributed by atoms with van der Waals surface area (Å²) < 4.78 is 6.37. The lowest BCUT2D eigenvalue weighted by atomic mass is 10.2. The van der Waals surface area contributed by atoms with Gasteiger partial charge < -0.3 is 4.74 Å². The molecule has 1 fully saturated rings. The summed E-state index contributed by atoms with van der Waals surface area (Å²) in [6.45, 7) is 0. The number of hydrogen-bond acceptors (Lipinski definition) is 4. The lowest BCUT2D eigenvalue weighted by Gasteiger charge is -2.06. The number of carbonyl (C=O) groups excluding carboxylic acids is 1. The predicted octanol–water partition coefficient (Wildman–Crippen LogP) is 4.31. The van der Waals surface area contributed by atoms with Crippen LogP contribution in [0.3, 0.4) is 0 Å². The van der Waals surface area contributed by atoms with Crippen LogP contribution >= 0.6 is 24.0 Å². The fourth-order valence-electron chi connectivity index (χ4n) is 1.99. The number of nitrogens with zero attached hydrogens (tertiary/aromatic N) is 1. The predicted molar refractivity (Wildman–Crippen MR) is 93.9 cm³/mol. The van der Waals surface area contributed by atoms with Gasteiger partial charge in [0.25, 0.3) is 5.91 Å². The molecule has 0 unspecified atom stereocenters. The normalized spacial score (nSPS) is 16.4. The van der Waals surface area contributed by atoms with E-state index in [2.05, 4.69) is 0 Å². The lowest BCUT2D eigenvalue weighted by Crippen LogP contribution is -2.22. The molecule has 0 spiro atoms. The molecule has 0 aromatic heterocycles. The van der Waals surface area contributed by atoms with Crippen LogP contribution in [0.25, 0.3) is 6.08 Å². The maximum atomic E-state index is 12.0. The molecule has 22 heavy (non-hydrogen) atoms. The minimum atomic E-state index is -0.0654. The highest BCUT2D eigenvalue weighted by atomic mass is 32.2. The molecule has 3 nitrogen and oxygen atoms in total. The Morgan fingerprint density at radius 2 is 1.82 bits per heavy atom. The smallest absolute Gasteiger partial charge is 0.265 e. The first kappa shape index (κ1) is 14.8. The van der Waals surface area contributed by atoms with Crippen LogP contribution in [-0.4, -0.2) is 22.2 Å². The summed E-state index contributed by atoms with van der Waals surface area (Å²) in [4.78, 5) is 14.1. The molecule has 0 N–H and O–H groups in total. The molecule has 1 aliphatic rings. The third-order valence-electron chi connectivity index (χ3n) is 3.12. The van der Waals surface area contributed by atoms with Crippen LogP contribution in [0.4, 0.5) is 0 Å². The van der Waals surface area contributed by atoms with Crippen LogP contribution < -0.4 is 4.74 Å². The molecule has 1 aliphatic heterocycles. The van der Waals surface area contributed by atoms with E-state index in [0.717, 1.165) is 17.1 Å². The second kappa shape index (κ2) is 6.34. The molecule has 5 heteroatoms. The van der Waals surface area contributed by atoms with Gasteiger partial charge in [-0.2, -0.15) is 0 Å². The van der Waals surface area contributed by atoms with Crippen molar-refractivity contribution in [1.82, 2.24) is 4.90 Å². The number of benzene rings is 2. The first-order chi connectivity index (χ1) is 10.6. The molecule has 110 valence electrons. The fraction of sp³-hybridized carbons (Fsp3) is 0.0588. The Bertz CT molecular complexity index is 756. The van der Waals surface area contributed by atoms with Crippen molar-refractivity contribution in [1.29, 1.82) is 0 Å². The van der Waals surface area contributed by atoms with E-state index in [9.17, 15) is 4.79 Å². The number of ether oxygens (including phenoxy) is 1. The maximum Gasteiger partial charge on any atom is 0.265 e. The van der Waals surface area contributed by atoms with Crippen molar-refractivity contribution in [2.45, 2.75) is 0 Å². The van der Waals surface area contributed by atoms with Gasteiger partial charge in [0.15, 0.2) is 0 Å². The maximum absolute atomic E-state index is 12.0. The number of amides is 1. The quantitative estimate of drug-likeness (QED) is 0.620. The summed E-state index contributed by atoms with van der Waals surface area (Å²) in [5.74, 6) is 1.44. The minimum absolute atomic E-state index is 0.0654. The molecular weight excluding hydrogens is 314 g/mol. The van der Waals surface area contributed by atoms with E-state index in [1.807, 2.05) is 60.7 Å². The van der Waals surface area contributed by atoms with Gasteiger partial charge in [0, 0.05) is 7.05 Å². The summed E-state index contributed by atoms with van der Waals surface area (Å²) in [6, 6.07) is 17.2. The molecule has 0 aliphatic carbocycles. The third kappa shape index (κ3) is 3.21. The second-order valence-corrected chi connectivity index (χ2v) is 6.40. The van der Waals surface area contributed by atoms with Crippen molar-refractivity contribution in [3.05, 3.63) is 65.1 Å². The van der Waals surface area contributed by atoms with E-state index in [1.165, 1.54) is 16.7 Å². The Kier molecular flexibility index (Phi) is 4.27. The van der Waals surface area contributed by atoms with Gasteiger partial charge in [-0.05, 0) is 35.9 Å². The zero-order valence-electron chi connectivity index (χ0n) is 11.9. The first-order valence-electron chi connectivity index (χ1n) is 6.68. The van der Waals surface area contributed by atoms with Gasteiger partial charge >= 0.3 is 0 Å². The van der Waals surface area contributed by atoms with E-state index in [4.69, 9.17) is 17.0 Å². The molecule has 1 amide bonds. The third-order valence-corrected chi connectivity index (χ3v) is 4.61. The summed E-state index contributed by atoms with van der Waals surface area (Å²) in [7, 11) is 1.69. The molecule has 3 rings (SSSR count). The van der Waals surface area contributed by atoms with Gasteiger partial charge in [-0.15, -0.1) is 0 Å². The monoisotopic (exact) mass is 327 g/mol. The van der Waals surface area contributed by atoms with Crippen LogP contribution in [0.1, 0.15) is 5.56 Å². The number of thioether (sulfide) groups is 1. The lowest BCUT2D eigenvalue weighted by molar-refractivity contribution is -0.121. The standard InChI is InChI=1S/C17H13NO2S2/c1-18-16(19)15(22-17(18)21)11-12-6-5-9-14(10-12)20-13-7-3-2-4-8-13/h2-11H,1H3/b15-11-. The van der Waals surface area contributed by atoms with Crippen molar-refractivity contribution in [3.8, 4) is 11.5 Å². The summed E-state index contributed by atoms with van der Waals surface area (Å²) in [5, 5.41) is 0. The fourth-order valence-corrected chi connectivity index (χ4v) is 3.17. The highest BCUT2D eigenvalue weighted by molar-refractivity contribution is 8.26. The summed E-state index contributed by atoms with van der Waals surface area (Å²) in [6.07, 6.45) is 1.83. The average Bonchev–Trinajstić information content (AvgIpc) is 2.76. The Labute approximate surface area is 138 Å². The van der Waals surface area contributed by atoms with Crippen LogP contribution in [0, 0.1) is 0 Å². The molecule has 0 saturated carbocycles. The van der Waals surface area contributed by atoms with Crippen molar-refractivity contribution < 1.29 is 9.53 Å². The molecule has 2 aromatic carbocycles. The zero-order valence-corrected chi connectivity index (χ0v) is 13.5.